The third-order valence-electron chi connectivity index (χ3n) is 6.33. The molecule has 0 saturated carbocycles. The average Bonchev–Trinajstić information content (AvgIpc) is 2.81. The second kappa shape index (κ2) is 13.8. The molecule has 2 rings (SSSR count). The number of carbonyl (C=O) groups is 2. The van der Waals surface area contributed by atoms with Gasteiger partial charge in [0.2, 0.25) is 21.8 Å². The van der Waals surface area contributed by atoms with Gasteiger partial charge in [-0.05, 0) is 74.9 Å². The van der Waals surface area contributed by atoms with Crippen LogP contribution in [0.15, 0.2) is 42.5 Å². The van der Waals surface area contributed by atoms with E-state index < -0.39 is 16.1 Å². The lowest BCUT2D eigenvalue weighted by atomic mass is 10.1. The maximum Gasteiger partial charge on any atom is 0.243 e. The molecular formula is C28H40ClN3O4S. The number of amides is 2. The van der Waals surface area contributed by atoms with Gasteiger partial charge in [-0.2, -0.15) is 0 Å². The van der Waals surface area contributed by atoms with Crippen LogP contribution >= 0.6 is 11.6 Å². The number of halogens is 1. The summed E-state index contributed by atoms with van der Waals surface area (Å²) in [5.41, 5.74) is 3.26. The number of benzene rings is 2. The highest BCUT2D eigenvalue weighted by molar-refractivity contribution is 7.92. The number of hydrogen-bond acceptors (Lipinski definition) is 4. The van der Waals surface area contributed by atoms with Gasteiger partial charge in [-0.1, -0.05) is 49.7 Å². The van der Waals surface area contributed by atoms with Gasteiger partial charge in [0.15, 0.2) is 0 Å². The SMILES string of the molecule is CC[C@@H](C)NC(=O)[C@@H](CC)N(Cc1ccccc1Cl)C(=O)CCCN(c1cc(C)cc(C)c1)S(C)(=O)=O. The Labute approximate surface area is 227 Å². The zero-order chi connectivity index (χ0) is 27.8. The lowest BCUT2D eigenvalue weighted by molar-refractivity contribution is -0.141. The number of rotatable bonds is 13. The smallest absolute Gasteiger partial charge is 0.243 e. The van der Waals surface area contributed by atoms with Gasteiger partial charge in [0.1, 0.15) is 6.04 Å². The molecule has 7 nitrogen and oxygen atoms in total. The maximum atomic E-state index is 13.5. The van der Waals surface area contributed by atoms with Gasteiger partial charge in [-0.3, -0.25) is 13.9 Å². The first kappa shape index (κ1) is 30.6. The predicted molar refractivity (Wildman–Crippen MR) is 151 cm³/mol. The zero-order valence-electron chi connectivity index (χ0n) is 22.8. The summed E-state index contributed by atoms with van der Waals surface area (Å²) in [6.45, 7) is 9.98. The summed E-state index contributed by atoms with van der Waals surface area (Å²) in [5.74, 6) is -0.426. The first-order valence-electron chi connectivity index (χ1n) is 12.8. The summed E-state index contributed by atoms with van der Waals surface area (Å²) >= 11 is 6.38. The van der Waals surface area contributed by atoms with Gasteiger partial charge in [0.05, 0.1) is 11.9 Å². The molecule has 0 fully saturated rings. The molecule has 0 radical (unpaired) electrons. The van der Waals surface area contributed by atoms with Gasteiger partial charge in [0.25, 0.3) is 0 Å². The molecule has 0 heterocycles. The van der Waals surface area contributed by atoms with E-state index in [1.165, 1.54) is 10.6 Å². The Balaban J connectivity index is 2.26. The molecule has 0 unspecified atom stereocenters. The van der Waals surface area contributed by atoms with Crippen molar-refractivity contribution in [3.63, 3.8) is 0 Å². The average molecular weight is 550 g/mol. The zero-order valence-corrected chi connectivity index (χ0v) is 24.3. The Hall–Kier alpha value is -2.58. The Morgan fingerprint density at radius 1 is 1.03 bits per heavy atom. The van der Waals surface area contributed by atoms with Crippen LogP contribution in [0.1, 0.15) is 63.1 Å². The summed E-state index contributed by atoms with van der Waals surface area (Å²) in [5, 5.41) is 3.51. The van der Waals surface area contributed by atoms with Gasteiger partial charge >= 0.3 is 0 Å². The predicted octanol–water partition coefficient (Wildman–Crippen LogP) is 5.23. The topological polar surface area (TPSA) is 86.8 Å². The van der Waals surface area contributed by atoms with E-state index in [1.54, 1.807) is 11.0 Å². The van der Waals surface area contributed by atoms with Crippen molar-refractivity contribution in [2.45, 2.75) is 78.9 Å². The first-order valence-corrected chi connectivity index (χ1v) is 15.0. The van der Waals surface area contributed by atoms with Crippen LogP contribution in [0.4, 0.5) is 5.69 Å². The molecule has 1 N–H and O–H groups in total. The monoisotopic (exact) mass is 549 g/mol. The van der Waals surface area contributed by atoms with Crippen molar-refractivity contribution < 1.29 is 18.0 Å². The number of sulfonamides is 1. The maximum absolute atomic E-state index is 13.5. The third kappa shape index (κ3) is 9.04. The molecule has 2 aromatic carbocycles. The number of carbonyl (C=O) groups excluding carboxylic acids is 2. The van der Waals surface area contributed by atoms with Crippen molar-refractivity contribution in [2.75, 3.05) is 17.1 Å². The number of nitrogens with one attached hydrogen (secondary N) is 1. The van der Waals surface area contributed by atoms with E-state index in [4.69, 9.17) is 11.6 Å². The molecule has 9 heteroatoms. The Kier molecular flexibility index (Phi) is 11.4. The van der Waals surface area contributed by atoms with E-state index in [0.29, 0.717) is 23.6 Å². The summed E-state index contributed by atoms with van der Waals surface area (Å²) < 4.78 is 26.5. The number of anilines is 1. The second-order valence-corrected chi connectivity index (χ2v) is 12.0. The Bertz CT molecular complexity index is 1170. The molecule has 37 heavy (non-hydrogen) atoms. The van der Waals surface area contributed by atoms with Crippen molar-refractivity contribution in [1.82, 2.24) is 10.2 Å². The number of nitrogens with zero attached hydrogens (tertiary/aromatic N) is 2. The fraction of sp³-hybridized carbons (Fsp3) is 0.500. The molecule has 2 atom stereocenters. The Morgan fingerprint density at radius 3 is 2.19 bits per heavy atom. The molecule has 0 spiro atoms. The van der Waals surface area contributed by atoms with Crippen LogP contribution in [0.3, 0.4) is 0 Å². The third-order valence-corrected chi connectivity index (χ3v) is 7.89. The van der Waals surface area contributed by atoms with Crippen LogP contribution in [0.5, 0.6) is 0 Å². The van der Waals surface area contributed by atoms with Gasteiger partial charge in [-0.25, -0.2) is 8.42 Å². The van der Waals surface area contributed by atoms with Crippen LogP contribution in [0.25, 0.3) is 0 Å². The van der Waals surface area contributed by atoms with Crippen molar-refractivity contribution in [3.05, 3.63) is 64.2 Å². The van der Waals surface area contributed by atoms with Gasteiger partial charge < -0.3 is 10.2 Å². The van der Waals surface area contributed by atoms with E-state index >= 15 is 0 Å². The normalized spacial score (nSPS) is 13.1. The summed E-state index contributed by atoms with van der Waals surface area (Å²) in [4.78, 5) is 28.2. The molecule has 0 bridgehead atoms. The van der Waals surface area contributed by atoms with Gasteiger partial charge in [0, 0.05) is 30.6 Å². The van der Waals surface area contributed by atoms with Crippen molar-refractivity contribution in [3.8, 4) is 0 Å². The highest BCUT2D eigenvalue weighted by atomic mass is 35.5. The van der Waals surface area contributed by atoms with Crippen LogP contribution in [0, 0.1) is 13.8 Å². The molecule has 2 amide bonds. The number of aryl methyl sites for hydroxylation is 2. The standard InChI is InChI=1S/C28H40ClN3O4S/c1-7-22(5)30-28(34)26(8-2)31(19-23-12-9-10-13-25(23)29)27(33)14-11-15-32(37(6,35)36)24-17-20(3)16-21(4)18-24/h9-10,12-13,16-18,22,26H,7-8,11,14-15,19H2,1-6H3,(H,30,34)/t22-,26-/m1/s1. The molecular weight excluding hydrogens is 510 g/mol. The van der Waals surface area contributed by atoms with Crippen molar-refractivity contribution >= 4 is 39.1 Å². The van der Waals surface area contributed by atoms with Crippen LogP contribution < -0.4 is 9.62 Å². The molecule has 0 aromatic heterocycles. The number of hydrogen-bond donors (Lipinski definition) is 1. The van der Waals surface area contributed by atoms with Crippen LogP contribution in [0.2, 0.25) is 5.02 Å². The summed E-state index contributed by atoms with van der Waals surface area (Å²) in [6, 6.07) is 12.2. The lowest BCUT2D eigenvalue weighted by Gasteiger charge is -2.32. The molecule has 0 aliphatic carbocycles. The minimum Gasteiger partial charge on any atom is -0.352 e. The highest BCUT2D eigenvalue weighted by Gasteiger charge is 2.30. The highest BCUT2D eigenvalue weighted by Crippen LogP contribution is 2.23. The fourth-order valence-corrected chi connectivity index (χ4v) is 5.41. The van der Waals surface area contributed by atoms with Crippen LogP contribution in [-0.4, -0.2) is 50.0 Å². The minimum absolute atomic E-state index is 0.0140. The van der Waals surface area contributed by atoms with E-state index in [9.17, 15) is 18.0 Å². The quantitative estimate of drug-likeness (QED) is 0.371. The summed E-state index contributed by atoms with van der Waals surface area (Å²) in [6.07, 6.45) is 2.79. The minimum atomic E-state index is -3.55. The molecule has 2 aromatic rings. The van der Waals surface area contributed by atoms with Crippen molar-refractivity contribution in [1.29, 1.82) is 0 Å². The fourth-order valence-electron chi connectivity index (χ4n) is 4.27. The van der Waals surface area contributed by atoms with E-state index in [2.05, 4.69) is 5.32 Å². The molecule has 204 valence electrons. The largest absolute Gasteiger partial charge is 0.352 e. The van der Waals surface area contributed by atoms with E-state index in [1.807, 2.05) is 71.0 Å². The van der Waals surface area contributed by atoms with Crippen molar-refractivity contribution in [2.24, 2.45) is 0 Å². The van der Waals surface area contributed by atoms with Crippen LogP contribution in [-0.2, 0) is 26.2 Å². The van der Waals surface area contributed by atoms with E-state index in [-0.39, 0.29) is 37.4 Å². The summed E-state index contributed by atoms with van der Waals surface area (Å²) in [7, 11) is -3.55. The Morgan fingerprint density at radius 2 is 1.65 bits per heavy atom. The molecule has 0 aliphatic heterocycles. The van der Waals surface area contributed by atoms with Gasteiger partial charge in [-0.15, -0.1) is 0 Å². The first-order chi connectivity index (χ1) is 17.4. The molecule has 0 saturated heterocycles. The second-order valence-electron chi connectivity index (χ2n) is 9.64. The molecule has 0 aliphatic rings. The lowest BCUT2D eigenvalue weighted by Crippen LogP contribution is -2.50. The van der Waals surface area contributed by atoms with E-state index in [0.717, 1.165) is 23.1 Å².